The number of hydrogen-bond acceptors (Lipinski definition) is 13. The summed E-state index contributed by atoms with van der Waals surface area (Å²) in [5, 5.41) is 5.16. The van der Waals surface area contributed by atoms with E-state index in [1.165, 1.54) is 69.4 Å². The van der Waals surface area contributed by atoms with Crippen molar-refractivity contribution in [2.24, 2.45) is 5.73 Å². The van der Waals surface area contributed by atoms with Crippen molar-refractivity contribution in [3.8, 4) is 0 Å². The smallest absolute Gasteiger partial charge is 0.338 e. The lowest BCUT2D eigenvalue weighted by molar-refractivity contribution is -0.232. The van der Waals surface area contributed by atoms with Crippen LogP contribution in [0.5, 0.6) is 0 Å². The molecule has 6 rings (SSSR count). The molecule has 5 aromatic rings. The zero-order valence-electron chi connectivity index (χ0n) is 38.0. The van der Waals surface area contributed by atoms with E-state index >= 15 is 0 Å². The zero-order valence-corrected chi connectivity index (χ0v) is 38.0. The van der Waals surface area contributed by atoms with Crippen LogP contribution in [0, 0.1) is 0 Å². The van der Waals surface area contributed by atoms with Gasteiger partial charge in [-0.05, 0) is 61.0 Å². The number of ether oxygens (including phenoxy) is 5. The highest BCUT2D eigenvalue weighted by Gasteiger charge is 2.54. The first-order valence-corrected chi connectivity index (χ1v) is 22.0. The summed E-state index contributed by atoms with van der Waals surface area (Å²) in [5.74, 6) is -6.72. The van der Waals surface area contributed by atoms with E-state index < -0.39 is 109 Å². The van der Waals surface area contributed by atoms with Gasteiger partial charge >= 0.3 is 23.9 Å². The van der Waals surface area contributed by atoms with Gasteiger partial charge < -0.3 is 45.0 Å². The molecule has 0 saturated carbocycles. The summed E-state index contributed by atoms with van der Waals surface area (Å²) in [5.41, 5.74) is 6.82. The topological polar surface area (TPSA) is 236 Å². The van der Waals surface area contributed by atoms with Crippen molar-refractivity contribution in [2.75, 3.05) is 13.7 Å². The highest BCUT2D eigenvalue weighted by molar-refractivity contribution is 5.94. The second kappa shape index (κ2) is 24.0. The van der Waals surface area contributed by atoms with Crippen LogP contribution >= 0.6 is 0 Å². The Labute approximate surface area is 398 Å². The summed E-state index contributed by atoms with van der Waals surface area (Å²) in [7, 11) is 1.28. The summed E-state index contributed by atoms with van der Waals surface area (Å²) in [6.45, 7) is 1.96. The summed E-state index contributed by atoms with van der Waals surface area (Å²) >= 11 is 0. The van der Waals surface area contributed by atoms with Crippen LogP contribution in [0.3, 0.4) is 0 Å². The highest BCUT2D eigenvalue weighted by atomic mass is 16.7. The van der Waals surface area contributed by atoms with E-state index in [4.69, 9.17) is 29.4 Å². The first-order chi connectivity index (χ1) is 33.2. The SMILES string of the molecule is CC(=O)N[C@@H](C)C(=O)N(C)[C@@H](C[C@@H]1O[C@H](COC(=O)c2ccccc2)[C@@H](OC(=O)c2ccccc2)[C@H](OC(=O)c2ccccc2)[C@H]1OC(=O)c1ccccc1)C(=O)N[C@@H](Cc1ccccc1)C(N)=O. The van der Waals surface area contributed by atoms with Gasteiger partial charge in [-0.3, -0.25) is 19.2 Å². The molecular weight excluding hydrogens is 889 g/mol. The van der Waals surface area contributed by atoms with Crippen LogP contribution in [0.25, 0.3) is 0 Å². The van der Waals surface area contributed by atoms with Crippen molar-refractivity contribution in [1.29, 1.82) is 0 Å². The minimum atomic E-state index is -1.77. The number of likely N-dealkylation sites (N-methyl/N-ethyl adjacent to an activating group) is 1. The molecule has 0 aliphatic carbocycles. The van der Waals surface area contributed by atoms with Gasteiger partial charge in [-0.1, -0.05) is 103 Å². The Morgan fingerprint density at radius 2 is 0.986 bits per heavy atom. The van der Waals surface area contributed by atoms with Crippen molar-refractivity contribution in [3.05, 3.63) is 179 Å². The molecule has 0 unspecified atom stereocenters. The van der Waals surface area contributed by atoms with Crippen LogP contribution in [0.15, 0.2) is 152 Å². The average Bonchev–Trinajstić information content (AvgIpc) is 3.36. The van der Waals surface area contributed by atoms with Crippen LogP contribution in [-0.2, 0) is 49.3 Å². The molecule has 69 heavy (non-hydrogen) atoms. The van der Waals surface area contributed by atoms with Gasteiger partial charge in [0.2, 0.25) is 23.6 Å². The molecule has 17 nitrogen and oxygen atoms in total. The minimum Gasteiger partial charge on any atom is -0.459 e. The number of esters is 4. The quantitative estimate of drug-likeness (QED) is 0.0777. The monoisotopic (exact) mass is 940 g/mol. The average molecular weight is 941 g/mol. The van der Waals surface area contributed by atoms with Crippen LogP contribution in [-0.4, -0.2) is 115 Å². The second-order valence-corrected chi connectivity index (χ2v) is 16.2. The molecule has 1 aliphatic heterocycles. The number of primary amides is 1. The van der Waals surface area contributed by atoms with Gasteiger partial charge in [0, 0.05) is 26.8 Å². The number of nitrogens with two attached hydrogens (primary N) is 1. The van der Waals surface area contributed by atoms with Crippen molar-refractivity contribution in [3.63, 3.8) is 0 Å². The summed E-state index contributed by atoms with van der Waals surface area (Å²) in [6.07, 6.45) is -8.90. The number of hydrogen-bond donors (Lipinski definition) is 3. The van der Waals surface area contributed by atoms with E-state index in [1.807, 2.05) is 0 Å². The fourth-order valence-corrected chi connectivity index (χ4v) is 7.67. The van der Waals surface area contributed by atoms with Crippen molar-refractivity contribution < 1.29 is 62.0 Å². The predicted octanol–water partition coefficient (Wildman–Crippen LogP) is 4.24. The molecule has 4 amide bonds. The fraction of sp³-hybridized carbons (Fsp3) is 0.269. The van der Waals surface area contributed by atoms with Crippen molar-refractivity contribution in [1.82, 2.24) is 15.5 Å². The Balaban J connectivity index is 1.48. The largest absolute Gasteiger partial charge is 0.459 e. The number of rotatable bonds is 19. The van der Waals surface area contributed by atoms with Crippen LogP contribution in [0.1, 0.15) is 67.3 Å². The lowest BCUT2D eigenvalue weighted by Gasteiger charge is -2.46. The zero-order chi connectivity index (χ0) is 49.5. The molecule has 1 saturated heterocycles. The van der Waals surface area contributed by atoms with E-state index in [0.29, 0.717) is 5.56 Å². The Hall–Kier alpha value is -8.18. The highest BCUT2D eigenvalue weighted by Crippen LogP contribution is 2.34. The van der Waals surface area contributed by atoms with Gasteiger partial charge in [-0.15, -0.1) is 0 Å². The molecule has 1 aliphatic rings. The van der Waals surface area contributed by atoms with E-state index in [2.05, 4.69) is 10.6 Å². The Kier molecular flexibility index (Phi) is 17.5. The third kappa shape index (κ3) is 13.7. The summed E-state index contributed by atoms with van der Waals surface area (Å²) in [4.78, 5) is 111. The van der Waals surface area contributed by atoms with Crippen LogP contribution in [0.2, 0.25) is 0 Å². The fourth-order valence-electron chi connectivity index (χ4n) is 7.67. The van der Waals surface area contributed by atoms with Gasteiger partial charge in [0.25, 0.3) is 0 Å². The standard InChI is InChI=1S/C52H52N4O13/c1-32(54-33(2)57)48(60)56(3)40(47(59)55-39(46(53)58)29-34-19-9-4-10-20-34)30-41-43(67-50(62)36-23-13-6-14-24-36)45(69-52(64)38-27-17-8-18-28-38)44(68-51(63)37-25-15-7-16-26-37)42(66-41)31-65-49(61)35-21-11-5-12-22-35/h4-28,32,39-45H,29-31H2,1-3H3,(H2,53,58)(H,54,57)(H,55,59)/t32-,39-,40-,41-,42+,43-,44+,45+/m0/s1. The summed E-state index contributed by atoms with van der Waals surface area (Å²) in [6, 6.07) is 36.0. The van der Waals surface area contributed by atoms with Gasteiger partial charge in [-0.2, -0.15) is 0 Å². The molecule has 1 fully saturated rings. The van der Waals surface area contributed by atoms with E-state index in [0.717, 1.165) is 4.90 Å². The maximum absolute atomic E-state index is 14.7. The van der Waals surface area contributed by atoms with Crippen LogP contribution < -0.4 is 16.4 Å². The normalized spacial score (nSPS) is 18.7. The number of nitrogens with zero attached hydrogens (tertiary/aromatic N) is 1. The molecule has 0 spiro atoms. The lowest BCUT2D eigenvalue weighted by Crippen LogP contribution is -2.64. The van der Waals surface area contributed by atoms with E-state index in [-0.39, 0.29) is 28.7 Å². The molecule has 0 bridgehead atoms. The summed E-state index contributed by atoms with van der Waals surface area (Å²) < 4.78 is 31.0. The van der Waals surface area contributed by atoms with Gasteiger partial charge in [0.15, 0.2) is 18.3 Å². The van der Waals surface area contributed by atoms with E-state index in [9.17, 15) is 38.4 Å². The molecule has 8 atom stereocenters. The molecule has 0 aromatic heterocycles. The molecule has 0 radical (unpaired) electrons. The third-order valence-electron chi connectivity index (χ3n) is 11.2. The number of amides is 4. The third-order valence-corrected chi connectivity index (χ3v) is 11.2. The lowest BCUT2D eigenvalue weighted by atomic mass is 9.89. The number of benzene rings is 5. The first-order valence-electron chi connectivity index (χ1n) is 22.0. The van der Waals surface area contributed by atoms with Gasteiger partial charge in [0.1, 0.15) is 36.9 Å². The Morgan fingerprint density at radius 1 is 0.580 bits per heavy atom. The van der Waals surface area contributed by atoms with Crippen molar-refractivity contribution >= 4 is 47.5 Å². The Bertz CT molecular complexity index is 2570. The minimum absolute atomic E-state index is 0.0351. The first kappa shape index (κ1) is 50.2. The number of nitrogens with one attached hydrogen (secondary N) is 2. The Morgan fingerprint density at radius 3 is 1.42 bits per heavy atom. The molecule has 1 heterocycles. The molecular formula is C52H52N4O13. The van der Waals surface area contributed by atoms with Gasteiger partial charge in [-0.25, -0.2) is 19.2 Å². The molecule has 5 aromatic carbocycles. The molecule has 358 valence electrons. The predicted molar refractivity (Wildman–Crippen MR) is 248 cm³/mol. The number of carbonyl (C=O) groups is 8. The maximum Gasteiger partial charge on any atom is 0.338 e. The van der Waals surface area contributed by atoms with Crippen LogP contribution in [0.4, 0.5) is 0 Å². The van der Waals surface area contributed by atoms with Crippen molar-refractivity contribution in [2.45, 2.75) is 75.3 Å². The maximum atomic E-state index is 14.7. The second-order valence-electron chi connectivity index (χ2n) is 16.2. The molecule has 4 N–H and O–H groups in total. The van der Waals surface area contributed by atoms with E-state index in [1.54, 1.807) is 103 Å². The molecule has 17 heteroatoms. The number of carbonyl (C=O) groups excluding carboxylic acids is 8. The van der Waals surface area contributed by atoms with Gasteiger partial charge in [0.05, 0.1) is 22.3 Å².